The van der Waals surface area contributed by atoms with Crippen LogP contribution in [0, 0.1) is 0 Å². The molecule has 0 unspecified atom stereocenters. The molecule has 0 saturated carbocycles. The maximum absolute atomic E-state index is 5.97. The van der Waals surface area contributed by atoms with Gasteiger partial charge in [-0.1, -0.05) is 115 Å². The fraction of sp³-hybridized carbons (Fsp3) is 0.172. The van der Waals surface area contributed by atoms with Gasteiger partial charge < -0.3 is 5.73 Å². The Morgan fingerprint density at radius 3 is 1.50 bits per heavy atom. The Balaban J connectivity index is 1.74. The molecule has 0 fully saturated rings. The summed E-state index contributed by atoms with van der Waals surface area (Å²) >= 11 is 0. The van der Waals surface area contributed by atoms with Crippen LogP contribution in [0.2, 0.25) is 0 Å². The summed E-state index contributed by atoms with van der Waals surface area (Å²) in [5.74, 6) is 0. The van der Waals surface area contributed by atoms with E-state index in [2.05, 4.69) is 115 Å². The molecule has 1 heteroatoms. The van der Waals surface area contributed by atoms with E-state index in [1.807, 2.05) is 0 Å². The van der Waals surface area contributed by atoms with Crippen LogP contribution in [0.15, 0.2) is 115 Å². The molecule has 0 saturated heterocycles. The molecule has 4 aromatic rings. The van der Waals surface area contributed by atoms with E-state index in [9.17, 15) is 0 Å². The lowest BCUT2D eigenvalue weighted by Gasteiger charge is -2.36. The molecule has 0 atom stereocenters. The van der Waals surface area contributed by atoms with E-state index in [1.165, 1.54) is 27.8 Å². The molecular formula is C29H29N. The fourth-order valence-corrected chi connectivity index (χ4v) is 4.46. The Bertz CT molecular complexity index is 982. The Kier molecular flexibility index (Phi) is 6.41. The topological polar surface area (TPSA) is 26.0 Å². The lowest BCUT2D eigenvalue weighted by molar-refractivity contribution is 0.455. The van der Waals surface area contributed by atoms with E-state index < -0.39 is 0 Å². The summed E-state index contributed by atoms with van der Waals surface area (Å²) in [5, 5.41) is 0. The lowest BCUT2D eigenvalue weighted by Crippen LogP contribution is -2.31. The van der Waals surface area contributed by atoms with Crippen LogP contribution >= 0.6 is 0 Å². The molecule has 4 rings (SSSR count). The molecule has 0 radical (unpaired) electrons. The van der Waals surface area contributed by atoms with Gasteiger partial charge in [0.2, 0.25) is 0 Å². The van der Waals surface area contributed by atoms with Crippen molar-refractivity contribution >= 4 is 0 Å². The number of benzene rings is 4. The van der Waals surface area contributed by atoms with Crippen molar-refractivity contribution in [2.24, 2.45) is 5.73 Å². The van der Waals surface area contributed by atoms with E-state index >= 15 is 0 Å². The first-order chi connectivity index (χ1) is 14.8. The molecule has 0 bridgehead atoms. The smallest absolute Gasteiger partial charge is 0.0243 e. The van der Waals surface area contributed by atoms with Crippen molar-refractivity contribution in [2.75, 3.05) is 6.54 Å². The zero-order valence-corrected chi connectivity index (χ0v) is 17.4. The van der Waals surface area contributed by atoms with Gasteiger partial charge in [0.1, 0.15) is 0 Å². The molecular weight excluding hydrogens is 362 g/mol. The maximum Gasteiger partial charge on any atom is 0.0243 e. The molecule has 4 aromatic carbocycles. The van der Waals surface area contributed by atoms with Gasteiger partial charge in [-0.15, -0.1) is 0 Å². The van der Waals surface area contributed by atoms with Crippen molar-refractivity contribution < 1.29 is 0 Å². The van der Waals surface area contributed by atoms with Crippen molar-refractivity contribution in [3.63, 3.8) is 0 Å². The molecule has 0 spiro atoms. The summed E-state index contributed by atoms with van der Waals surface area (Å²) in [6.45, 7) is 0.703. The van der Waals surface area contributed by atoms with Crippen LogP contribution in [-0.4, -0.2) is 6.54 Å². The summed E-state index contributed by atoms with van der Waals surface area (Å²) in [5.41, 5.74) is 12.5. The summed E-state index contributed by atoms with van der Waals surface area (Å²) in [6.07, 6.45) is 2.97. The van der Waals surface area contributed by atoms with Crippen LogP contribution in [-0.2, 0) is 11.8 Å². The number of hydrogen-bond donors (Lipinski definition) is 1. The Morgan fingerprint density at radius 2 is 1.00 bits per heavy atom. The zero-order chi connectivity index (χ0) is 20.7. The highest BCUT2D eigenvalue weighted by Crippen LogP contribution is 2.40. The number of hydrogen-bond acceptors (Lipinski definition) is 1. The van der Waals surface area contributed by atoms with Crippen LogP contribution in [0.4, 0.5) is 0 Å². The van der Waals surface area contributed by atoms with Gasteiger partial charge >= 0.3 is 0 Å². The first-order valence-corrected chi connectivity index (χ1v) is 10.8. The van der Waals surface area contributed by atoms with Crippen molar-refractivity contribution in [3.8, 4) is 11.1 Å². The van der Waals surface area contributed by atoms with E-state index in [1.54, 1.807) is 0 Å². The van der Waals surface area contributed by atoms with Crippen LogP contribution in [0.3, 0.4) is 0 Å². The van der Waals surface area contributed by atoms with E-state index in [0.717, 1.165) is 19.3 Å². The average Bonchev–Trinajstić information content (AvgIpc) is 2.84. The van der Waals surface area contributed by atoms with Crippen molar-refractivity contribution in [1.82, 2.24) is 0 Å². The first kappa shape index (κ1) is 20.1. The van der Waals surface area contributed by atoms with Gasteiger partial charge in [-0.05, 0) is 53.6 Å². The first-order valence-electron chi connectivity index (χ1n) is 10.8. The van der Waals surface area contributed by atoms with Gasteiger partial charge in [0.15, 0.2) is 0 Å². The number of nitrogens with two attached hydrogens (primary N) is 1. The highest BCUT2D eigenvalue weighted by Gasteiger charge is 2.33. The minimum absolute atomic E-state index is 0.0871. The molecule has 30 heavy (non-hydrogen) atoms. The normalized spacial score (nSPS) is 11.4. The van der Waals surface area contributed by atoms with Crippen molar-refractivity contribution in [1.29, 1.82) is 0 Å². The lowest BCUT2D eigenvalue weighted by atomic mass is 9.67. The standard InChI is InChI=1S/C29H29N/c30-22-10-21-29(27-13-6-2-7-14-27,28-15-8-3-9-16-28)23-24-17-19-26(20-18-24)25-11-4-1-5-12-25/h1-9,11-20H,10,21-23,30H2. The second-order valence-corrected chi connectivity index (χ2v) is 7.95. The van der Waals surface area contributed by atoms with Crippen molar-refractivity contribution in [2.45, 2.75) is 24.7 Å². The highest BCUT2D eigenvalue weighted by atomic mass is 14.5. The second-order valence-electron chi connectivity index (χ2n) is 7.95. The van der Waals surface area contributed by atoms with Crippen LogP contribution in [0.1, 0.15) is 29.5 Å². The molecule has 0 aliphatic carbocycles. The molecule has 1 nitrogen and oxygen atoms in total. The minimum Gasteiger partial charge on any atom is -0.330 e. The third kappa shape index (κ3) is 4.37. The minimum atomic E-state index is -0.0871. The second kappa shape index (κ2) is 9.56. The van der Waals surface area contributed by atoms with Crippen LogP contribution in [0.25, 0.3) is 11.1 Å². The number of rotatable bonds is 8. The Labute approximate surface area is 180 Å². The quantitative estimate of drug-likeness (QED) is 0.359. The van der Waals surface area contributed by atoms with Gasteiger partial charge in [-0.3, -0.25) is 0 Å². The monoisotopic (exact) mass is 391 g/mol. The predicted molar refractivity (Wildman–Crippen MR) is 128 cm³/mol. The molecule has 0 amide bonds. The Morgan fingerprint density at radius 1 is 0.533 bits per heavy atom. The summed E-state index contributed by atoms with van der Waals surface area (Å²) in [6, 6.07) is 41.5. The largest absolute Gasteiger partial charge is 0.330 e. The maximum atomic E-state index is 5.97. The van der Waals surface area contributed by atoms with Crippen LogP contribution in [0.5, 0.6) is 0 Å². The summed E-state index contributed by atoms with van der Waals surface area (Å²) < 4.78 is 0. The molecule has 0 heterocycles. The van der Waals surface area contributed by atoms with Gasteiger partial charge in [0.05, 0.1) is 0 Å². The SMILES string of the molecule is NCCCC(Cc1ccc(-c2ccccc2)cc1)(c1ccccc1)c1ccccc1. The fourth-order valence-electron chi connectivity index (χ4n) is 4.46. The Hall–Kier alpha value is -3.16. The molecule has 0 aliphatic rings. The molecule has 0 aromatic heterocycles. The molecule has 0 aliphatic heterocycles. The summed E-state index contributed by atoms with van der Waals surface area (Å²) in [4.78, 5) is 0. The zero-order valence-electron chi connectivity index (χ0n) is 17.4. The summed E-state index contributed by atoms with van der Waals surface area (Å²) in [7, 11) is 0. The van der Waals surface area contributed by atoms with Crippen molar-refractivity contribution in [3.05, 3.63) is 132 Å². The molecule has 150 valence electrons. The van der Waals surface area contributed by atoms with Gasteiger partial charge in [-0.2, -0.15) is 0 Å². The van der Waals surface area contributed by atoms with E-state index in [-0.39, 0.29) is 5.41 Å². The molecule has 2 N–H and O–H groups in total. The van der Waals surface area contributed by atoms with E-state index in [0.29, 0.717) is 6.54 Å². The highest BCUT2D eigenvalue weighted by molar-refractivity contribution is 5.63. The van der Waals surface area contributed by atoms with Gasteiger partial charge in [0.25, 0.3) is 0 Å². The van der Waals surface area contributed by atoms with Gasteiger partial charge in [-0.25, -0.2) is 0 Å². The van der Waals surface area contributed by atoms with Crippen LogP contribution < -0.4 is 5.73 Å². The third-order valence-electron chi connectivity index (χ3n) is 6.03. The third-order valence-corrected chi connectivity index (χ3v) is 6.03. The predicted octanol–water partition coefficient (Wildman–Crippen LogP) is 6.62. The van der Waals surface area contributed by atoms with Gasteiger partial charge in [0, 0.05) is 5.41 Å². The van der Waals surface area contributed by atoms with E-state index in [4.69, 9.17) is 5.73 Å². The average molecular weight is 392 g/mol.